The number of halogens is 2. The standard InChI is InChI=1S/C26H31ClN2O5S.C19H25ClN2O3/c1-19-8-14-22(15-9-19)35(31,32)34-16-6-5-7-20-10-12-21(13-11-20)18-33-23-17-28-29(26(2,3)4)25(30)24(23)27;1-19(2,3)22-18(24)17(20)16(12-21-22)25-13-15-9-7-14(8-10-15)6-4-5-11-23/h8-15,17H,5-7,16,18H2,1-4H3;7-10,12,23H,4-6,11,13H2,1-3H3. The number of nitrogens with zero attached hydrogens (tertiary/aromatic N) is 4. The predicted octanol–water partition coefficient (Wildman–Crippen LogP) is 8.81. The molecule has 0 fully saturated rings. The van der Waals surface area contributed by atoms with E-state index in [2.05, 4.69) is 10.2 Å². The van der Waals surface area contributed by atoms with Crippen LogP contribution in [0.3, 0.4) is 0 Å². The van der Waals surface area contributed by atoms with Crippen LogP contribution in [0, 0.1) is 6.92 Å². The van der Waals surface area contributed by atoms with Crippen LogP contribution in [-0.2, 0) is 51.4 Å². The first kappa shape index (κ1) is 48.1. The first-order valence-corrected chi connectivity index (χ1v) is 22.0. The Morgan fingerprint density at radius 1 is 0.617 bits per heavy atom. The summed E-state index contributed by atoms with van der Waals surface area (Å²) in [5, 5.41) is 17.2. The Bertz CT molecular complexity index is 2370. The molecule has 0 bridgehead atoms. The normalized spacial score (nSPS) is 11.8. The van der Waals surface area contributed by atoms with Gasteiger partial charge in [-0.2, -0.15) is 18.6 Å². The Balaban J connectivity index is 0.000000280. The fraction of sp³-hybridized carbons (Fsp3) is 0.422. The second kappa shape index (κ2) is 21.8. The molecule has 0 aliphatic heterocycles. The van der Waals surface area contributed by atoms with E-state index in [1.807, 2.05) is 97.0 Å². The van der Waals surface area contributed by atoms with Crippen molar-refractivity contribution in [3.8, 4) is 11.5 Å². The van der Waals surface area contributed by atoms with Crippen molar-refractivity contribution in [3.63, 3.8) is 0 Å². The van der Waals surface area contributed by atoms with Gasteiger partial charge >= 0.3 is 0 Å². The van der Waals surface area contributed by atoms with E-state index in [1.165, 1.54) is 27.3 Å². The molecule has 5 rings (SSSR count). The lowest BCUT2D eigenvalue weighted by molar-refractivity contribution is 0.284. The minimum Gasteiger partial charge on any atom is -0.485 e. The van der Waals surface area contributed by atoms with Crippen molar-refractivity contribution in [2.24, 2.45) is 0 Å². The average Bonchev–Trinajstić information content (AvgIpc) is 3.19. The number of ether oxygens (including phenoxy) is 2. The molecular formula is C45H56Cl2N4O8S. The highest BCUT2D eigenvalue weighted by molar-refractivity contribution is 7.86. The molecule has 0 aliphatic rings. The van der Waals surface area contributed by atoms with Gasteiger partial charge in [-0.3, -0.25) is 13.8 Å². The Morgan fingerprint density at radius 3 is 1.42 bits per heavy atom. The lowest BCUT2D eigenvalue weighted by Crippen LogP contribution is -2.36. The molecule has 0 amide bonds. The highest BCUT2D eigenvalue weighted by Gasteiger charge is 2.21. The van der Waals surface area contributed by atoms with Gasteiger partial charge in [-0.15, -0.1) is 0 Å². The van der Waals surface area contributed by atoms with E-state index >= 15 is 0 Å². The number of aryl methyl sites for hydroxylation is 3. The first-order chi connectivity index (χ1) is 28.3. The van der Waals surface area contributed by atoms with Gasteiger partial charge in [0.1, 0.15) is 13.2 Å². The third-order valence-electron chi connectivity index (χ3n) is 9.16. The van der Waals surface area contributed by atoms with Gasteiger partial charge in [0.25, 0.3) is 21.2 Å². The molecule has 2 heterocycles. The maximum absolute atomic E-state index is 12.4. The van der Waals surface area contributed by atoms with E-state index in [-0.39, 0.29) is 51.6 Å². The molecule has 12 nitrogen and oxygen atoms in total. The predicted molar refractivity (Wildman–Crippen MR) is 236 cm³/mol. The van der Waals surface area contributed by atoms with E-state index < -0.39 is 21.2 Å². The second-order valence-electron chi connectivity index (χ2n) is 16.4. The van der Waals surface area contributed by atoms with E-state index in [0.717, 1.165) is 54.4 Å². The van der Waals surface area contributed by atoms with Gasteiger partial charge in [0.2, 0.25) is 0 Å². The number of rotatable bonds is 17. The highest BCUT2D eigenvalue weighted by Crippen LogP contribution is 2.24. The molecule has 0 spiro atoms. The molecule has 15 heteroatoms. The van der Waals surface area contributed by atoms with Gasteiger partial charge in [0, 0.05) is 6.61 Å². The maximum Gasteiger partial charge on any atom is 0.296 e. The molecule has 0 unspecified atom stereocenters. The van der Waals surface area contributed by atoms with Gasteiger partial charge < -0.3 is 14.6 Å². The third kappa shape index (κ3) is 14.3. The lowest BCUT2D eigenvalue weighted by atomic mass is 10.1. The summed E-state index contributed by atoms with van der Waals surface area (Å²) in [6, 6.07) is 22.6. The van der Waals surface area contributed by atoms with Crippen molar-refractivity contribution in [3.05, 3.63) is 144 Å². The largest absolute Gasteiger partial charge is 0.485 e. The maximum atomic E-state index is 12.4. The van der Waals surface area contributed by atoms with Crippen LogP contribution in [0.25, 0.3) is 0 Å². The summed E-state index contributed by atoms with van der Waals surface area (Å²) in [4.78, 5) is 24.9. The summed E-state index contributed by atoms with van der Waals surface area (Å²) in [5.41, 5.74) is 3.61. The summed E-state index contributed by atoms with van der Waals surface area (Å²) < 4.78 is 43.6. The van der Waals surface area contributed by atoms with Crippen molar-refractivity contribution in [2.75, 3.05) is 13.2 Å². The summed E-state index contributed by atoms with van der Waals surface area (Å²) in [7, 11) is -3.72. The topological polar surface area (TPSA) is 152 Å². The fourth-order valence-electron chi connectivity index (χ4n) is 5.73. The highest BCUT2D eigenvalue weighted by atomic mass is 35.5. The Hall–Kier alpha value is -4.53. The van der Waals surface area contributed by atoms with Crippen molar-refractivity contribution >= 4 is 33.3 Å². The van der Waals surface area contributed by atoms with Crippen molar-refractivity contribution in [1.82, 2.24) is 19.6 Å². The zero-order valence-electron chi connectivity index (χ0n) is 35.4. The molecular weight excluding hydrogens is 827 g/mol. The van der Waals surface area contributed by atoms with Crippen LogP contribution in [0.2, 0.25) is 10.0 Å². The van der Waals surface area contributed by atoms with Gasteiger partial charge in [-0.05, 0) is 121 Å². The Labute approximate surface area is 363 Å². The molecule has 0 aliphatic carbocycles. The summed E-state index contributed by atoms with van der Waals surface area (Å²) in [6.45, 7) is 14.1. The molecule has 0 radical (unpaired) electrons. The van der Waals surface area contributed by atoms with Crippen LogP contribution in [0.15, 0.2) is 99.7 Å². The molecule has 324 valence electrons. The molecule has 2 aromatic heterocycles. The molecule has 5 aromatic rings. The van der Waals surface area contributed by atoms with Crippen LogP contribution in [0.4, 0.5) is 0 Å². The number of aliphatic hydroxyl groups excluding tert-OH is 1. The zero-order valence-corrected chi connectivity index (χ0v) is 37.7. The number of unbranched alkanes of at least 4 members (excludes halogenated alkanes) is 2. The van der Waals surface area contributed by atoms with Crippen LogP contribution in [0.1, 0.15) is 95.0 Å². The smallest absolute Gasteiger partial charge is 0.296 e. The van der Waals surface area contributed by atoms with Crippen LogP contribution in [0.5, 0.6) is 11.5 Å². The van der Waals surface area contributed by atoms with Crippen LogP contribution in [-0.4, -0.2) is 46.3 Å². The molecule has 0 saturated carbocycles. The Morgan fingerprint density at radius 2 is 1.02 bits per heavy atom. The van der Waals surface area contributed by atoms with Gasteiger partial charge in [-0.1, -0.05) is 89.4 Å². The molecule has 0 saturated heterocycles. The number of benzene rings is 3. The van der Waals surface area contributed by atoms with Crippen molar-refractivity contribution in [1.29, 1.82) is 0 Å². The second-order valence-corrected chi connectivity index (χ2v) is 18.7. The SMILES string of the molecule is CC(C)(C)n1ncc(OCc2ccc(CCCCO)cc2)c(Cl)c1=O.Cc1ccc(S(=O)(=O)OCCCCc2ccc(COc3cnn(C(C)(C)C)c(=O)c3Cl)cc2)cc1. The lowest BCUT2D eigenvalue weighted by Gasteiger charge is -2.21. The summed E-state index contributed by atoms with van der Waals surface area (Å²) in [5.74, 6) is 0.543. The quantitative estimate of drug-likeness (QED) is 0.0709. The monoisotopic (exact) mass is 882 g/mol. The van der Waals surface area contributed by atoms with Crippen LogP contribution >= 0.6 is 23.2 Å². The third-order valence-corrected chi connectivity index (χ3v) is 11.2. The molecule has 1 N–H and O–H groups in total. The van der Waals surface area contributed by atoms with E-state index in [1.54, 1.807) is 24.3 Å². The van der Waals surface area contributed by atoms with Crippen molar-refractivity contribution in [2.45, 2.75) is 116 Å². The molecule has 0 atom stereocenters. The summed E-state index contributed by atoms with van der Waals surface area (Å²) in [6.07, 6.45) is 7.90. The van der Waals surface area contributed by atoms with Gasteiger partial charge in [-0.25, -0.2) is 9.36 Å². The average molecular weight is 884 g/mol. The van der Waals surface area contributed by atoms with E-state index in [9.17, 15) is 18.0 Å². The molecule has 60 heavy (non-hydrogen) atoms. The number of aliphatic hydroxyl groups is 1. The fourth-order valence-corrected chi connectivity index (χ4v) is 7.04. The zero-order chi connectivity index (χ0) is 44.1. The van der Waals surface area contributed by atoms with Crippen molar-refractivity contribution < 1.29 is 27.2 Å². The number of aromatic nitrogens is 4. The first-order valence-electron chi connectivity index (χ1n) is 19.8. The van der Waals surface area contributed by atoms with E-state index in [4.69, 9.17) is 42.0 Å². The van der Waals surface area contributed by atoms with Gasteiger partial charge in [0.15, 0.2) is 21.5 Å². The van der Waals surface area contributed by atoms with E-state index in [0.29, 0.717) is 18.8 Å². The van der Waals surface area contributed by atoms with Gasteiger partial charge in [0.05, 0.1) is 35.0 Å². The minimum absolute atomic E-state index is 0.0122. The minimum atomic E-state index is -3.72. The molecule has 3 aromatic carbocycles. The van der Waals surface area contributed by atoms with Crippen LogP contribution < -0.4 is 20.6 Å². The number of hydrogen-bond acceptors (Lipinski definition) is 10. The summed E-state index contributed by atoms with van der Waals surface area (Å²) >= 11 is 12.3. The number of hydrogen-bond donors (Lipinski definition) is 1. The Kier molecular flexibility index (Phi) is 17.5.